The minimum atomic E-state index is -0.534. The van der Waals surface area contributed by atoms with E-state index in [1.807, 2.05) is 13.8 Å². The molecule has 0 aromatic carbocycles. The topological polar surface area (TPSA) is 67.8 Å². The van der Waals surface area contributed by atoms with Gasteiger partial charge in [-0.25, -0.2) is 4.79 Å². The maximum absolute atomic E-state index is 12.5. The smallest absolute Gasteiger partial charge is 0.407 e. The molecule has 0 aromatic heterocycles. The van der Waals surface area contributed by atoms with Crippen molar-refractivity contribution in [2.75, 3.05) is 19.8 Å². The van der Waals surface area contributed by atoms with E-state index in [2.05, 4.69) is 19.2 Å². The molecule has 0 fully saturated rings. The third-order valence-corrected chi connectivity index (χ3v) is 9.25. The highest BCUT2D eigenvalue weighted by Crippen LogP contribution is 2.19. The van der Waals surface area contributed by atoms with Crippen molar-refractivity contribution in [2.24, 2.45) is 0 Å². The number of hydrogen-bond acceptors (Lipinski definition) is 4. The zero-order valence-corrected chi connectivity index (χ0v) is 31.1. The number of aliphatic hydroxyl groups is 1. The Kier molecular flexibility index (Phi) is 33.9. The Morgan fingerprint density at radius 3 is 1.22 bits per heavy atom. The number of carbonyl (C=O) groups is 1. The molecule has 2 N–H and O–H groups in total. The van der Waals surface area contributed by atoms with Crippen LogP contribution in [0.4, 0.5) is 4.79 Å². The molecule has 270 valence electrons. The highest BCUT2D eigenvalue weighted by molar-refractivity contribution is 5.67. The lowest BCUT2D eigenvalue weighted by molar-refractivity contribution is -0.0539. The number of alkyl carbamates (subject to hydrolysis) is 1. The van der Waals surface area contributed by atoms with Gasteiger partial charge in [0.15, 0.2) is 0 Å². The van der Waals surface area contributed by atoms with Crippen molar-refractivity contribution in [2.45, 2.75) is 232 Å². The third kappa shape index (κ3) is 34.3. The molecule has 0 aliphatic heterocycles. The molecule has 0 saturated heterocycles. The summed E-state index contributed by atoms with van der Waals surface area (Å²) in [6.07, 6.45) is 39.2. The van der Waals surface area contributed by atoms with Gasteiger partial charge < -0.3 is 19.9 Å². The van der Waals surface area contributed by atoms with Crippen LogP contribution in [-0.4, -0.2) is 42.7 Å². The molecule has 0 aliphatic rings. The monoisotopic (exact) mass is 640 g/mol. The summed E-state index contributed by atoms with van der Waals surface area (Å²) in [5.41, 5.74) is -0.534. The molecule has 0 rings (SSSR count). The van der Waals surface area contributed by atoms with E-state index < -0.39 is 5.60 Å². The number of amides is 1. The summed E-state index contributed by atoms with van der Waals surface area (Å²) in [5, 5.41) is 12.2. The normalized spacial score (nSPS) is 12.5. The molecule has 0 spiro atoms. The Morgan fingerprint density at radius 2 is 0.889 bits per heavy atom. The number of carbonyl (C=O) groups excluding carboxylic acids is 1. The lowest BCUT2D eigenvalue weighted by atomic mass is 10.0. The maximum atomic E-state index is 12.5. The molecule has 0 bridgehead atoms. The van der Waals surface area contributed by atoms with Crippen LogP contribution in [0.5, 0.6) is 0 Å². The summed E-state index contributed by atoms with van der Waals surface area (Å²) < 4.78 is 11.6. The summed E-state index contributed by atoms with van der Waals surface area (Å²) >= 11 is 0. The molecule has 1 amide bonds. The molecular formula is C40H81NO4. The average molecular weight is 640 g/mol. The van der Waals surface area contributed by atoms with Gasteiger partial charge in [-0.3, -0.25) is 0 Å². The van der Waals surface area contributed by atoms with Crippen molar-refractivity contribution < 1.29 is 19.4 Å². The van der Waals surface area contributed by atoms with Gasteiger partial charge in [-0.2, -0.15) is 0 Å². The van der Waals surface area contributed by atoms with E-state index in [1.165, 1.54) is 161 Å². The molecule has 0 aliphatic carbocycles. The summed E-state index contributed by atoms with van der Waals surface area (Å²) in [7, 11) is 0. The number of nitrogens with one attached hydrogen (secondary N) is 1. The lowest BCUT2D eigenvalue weighted by Gasteiger charge is -2.22. The molecule has 1 atom stereocenters. The van der Waals surface area contributed by atoms with E-state index in [0.29, 0.717) is 19.6 Å². The predicted octanol–water partition coefficient (Wildman–Crippen LogP) is 12.6. The first kappa shape index (κ1) is 44.2. The molecule has 45 heavy (non-hydrogen) atoms. The van der Waals surface area contributed by atoms with E-state index >= 15 is 0 Å². The average Bonchev–Trinajstić information content (AvgIpc) is 3.03. The van der Waals surface area contributed by atoms with Crippen LogP contribution in [-0.2, 0) is 9.47 Å². The van der Waals surface area contributed by atoms with E-state index in [1.54, 1.807) is 0 Å². The first-order valence-corrected chi connectivity index (χ1v) is 20.1. The number of rotatable bonds is 36. The zero-order valence-electron chi connectivity index (χ0n) is 31.1. The number of ether oxygens (including phenoxy) is 2. The Labute approximate surface area is 282 Å². The fourth-order valence-electron chi connectivity index (χ4n) is 6.07. The van der Waals surface area contributed by atoms with Gasteiger partial charge in [-0.15, -0.1) is 0 Å². The Hall–Kier alpha value is -0.810. The van der Waals surface area contributed by atoms with E-state index in [-0.39, 0.29) is 18.8 Å². The van der Waals surface area contributed by atoms with Crippen molar-refractivity contribution in [1.29, 1.82) is 0 Å². The summed E-state index contributed by atoms with van der Waals surface area (Å²) in [6, 6.07) is 0. The highest BCUT2D eigenvalue weighted by Gasteiger charge is 2.17. The van der Waals surface area contributed by atoms with Crippen LogP contribution in [0, 0.1) is 0 Å². The molecule has 0 radical (unpaired) electrons. The van der Waals surface area contributed by atoms with Crippen molar-refractivity contribution >= 4 is 6.09 Å². The summed E-state index contributed by atoms with van der Waals surface area (Å²) in [4.78, 5) is 12.5. The van der Waals surface area contributed by atoms with Gasteiger partial charge in [-0.05, 0) is 46.0 Å². The Bertz CT molecular complexity index is 597. The SMILES string of the molecule is CCCCCCCCCCCCCCCCCCCC(CCCCCCCCCCCC)OC(=O)NCCCOC(C)(C)CO. The van der Waals surface area contributed by atoms with Crippen LogP contribution in [0.1, 0.15) is 220 Å². The second-order valence-corrected chi connectivity index (χ2v) is 14.5. The van der Waals surface area contributed by atoms with Gasteiger partial charge >= 0.3 is 6.09 Å². The van der Waals surface area contributed by atoms with Gasteiger partial charge in [0.25, 0.3) is 0 Å². The number of hydrogen-bond donors (Lipinski definition) is 2. The molecule has 0 aromatic rings. The van der Waals surface area contributed by atoms with Crippen molar-refractivity contribution in [3.8, 4) is 0 Å². The second-order valence-electron chi connectivity index (χ2n) is 14.5. The van der Waals surface area contributed by atoms with Crippen LogP contribution in [0.25, 0.3) is 0 Å². The van der Waals surface area contributed by atoms with Crippen molar-refractivity contribution in [3.05, 3.63) is 0 Å². The fraction of sp³-hybridized carbons (Fsp3) is 0.975. The van der Waals surface area contributed by atoms with Crippen molar-refractivity contribution in [3.63, 3.8) is 0 Å². The predicted molar refractivity (Wildman–Crippen MR) is 195 cm³/mol. The molecule has 1 unspecified atom stereocenters. The summed E-state index contributed by atoms with van der Waals surface area (Å²) in [5.74, 6) is 0. The minimum Gasteiger partial charge on any atom is -0.446 e. The van der Waals surface area contributed by atoms with Crippen LogP contribution in [0.15, 0.2) is 0 Å². The Balaban J connectivity index is 4.02. The molecule has 0 saturated carbocycles. The quantitative estimate of drug-likeness (QED) is 0.0669. The Morgan fingerprint density at radius 1 is 0.556 bits per heavy atom. The minimum absolute atomic E-state index is 0.0114. The number of unbranched alkanes of at least 4 members (excludes halogenated alkanes) is 25. The van der Waals surface area contributed by atoms with E-state index in [0.717, 1.165) is 25.7 Å². The van der Waals surface area contributed by atoms with E-state index in [4.69, 9.17) is 9.47 Å². The van der Waals surface area contributed by atoms with E-state index in [9.17, 15) is 9.90 Å². The van der Waals surface area contributed by atoms with Gasteiger partial charge in [0, 0.05) is 13.2 Å². The van der Waals surface area contributed by atoms with Gasteiger partial charge in [0.05, 0.1) is 12.2 Å². The van der Waals surface area contributed by atoms with Crippen LogP contribution in [0.3, 0.4) is 0 Å². The molecule has 5 nitrogen and oxygen atoms in total. The molecule has 5 heteroatoms. The summed E-state index contributed by atoms with van der Waals surface area (Å²) in [6.45, 7) is 9.33. The lowest BCUT2D eigenvalue weighted by Crippen LogP contribution is -2.32. The van der Waals surface area contributed by atoms with Gasteiger partial charge in [-0.1, -0.05) is 174 Å². The maximum Gasteiger partial charge on any atom is 0.407 e. The van der Waals surface area contributed by atoms with Crippen LogP contribution >= 0.6 is 0 Å². The molecular weight excluding hydrogens is 558 g/mol. The first-order valence-electron chi connectivity index (χ1n) is 20.1. The third-order valence-electron chi connectivity index (χ3n) is 9.25. The van der Waals surface area contributed by atoms with Crippen LogP contribution < -0.4 is 5.32 Å². The molecule has 0 heterocycles. The highest BCUT2D eigenvalue weighted by atomic mass is 16.6. The van der Waals surface area contributed by atoms with Gasteiger partial charge in [0.2, 0.25) is 0 Å². The second kappa shape index (κ2) is 34.5. The zero-order chi connectivity index (χ0) is 33.1. The van der Waals surface area contributed by atoms with Gasteiger partial charge in [0.1, 0.15) is 6.10 Å². The first-order chi connectivity index (χ1) is 21.9. The number of aliphatic hydroxyl groups excluding tert-OH is 1. The van der Waals surface area contributed by atoms with Crippen molar-refractivity contribution in [1.82, 2.24) is 5.32 Å². The standard InChI is InChI=1S/C40H81NO4/c1-5-7-9-11-13-15-17-18-19-20-21-22-23-25-27-29-31-34-38(33-30-28-26-24-16-14-12-10-8-6-2)45-39(43)41-35-32-36-44-40(3,4)37-42/h38,42H,5-37H2,1-4H3,(H,41,43). The largest absolute Gasteiger partial charge is 0.446 e. The fourth-order valence-corrected chi connectivity index (χ4v) is 6.07. The van der Waals surface area contributed by atoms with Crippen LogP contribution in [0.2, 0.25) is 0 Å².